The minimum absolute atomic E-state index is 0.257. The first kappa shape index (κ1) is 11.7. The number of nitriles is 1. The molecule has 4 heteroatoms. The maximum atomic E-state index is 9.15. The Balaban J connectivity index is 2.32. The smallest absolute Gasteiger partial charge is 0.161 e. The van der Waals surface area contributed by atoms with Gasteiger partial charge >= 0.3 is 0 Å². The average molecular weight is 232 g/mol. The first-order valence-corrected chi connectivity index (χ1v) is 5.68. The first-order valence-electron chi connectivity index (χ1n) is 5.68. The summed E-state index contributed by atoms with van der Waals surface area (Å²) in [6.45, 7) is 1.34. The highest BCUT2D eigenvalue weighted by molar-refractivity contribution is 5.45. The molecule has 0 aromatic heterocycles. The minimum atomic E-state index is -0.257. The van der Waals surface area contributed by atoms with Crippen LogP contribution in [0.25, 0.3) is 0 Å². The van der Waals surface area contributed by atoms with Crippen LogP contribution in [0.4, 0.5) is 0 Å². The summed E-state index contributed by atoms with van der Waals surface area (Å²) in [6.07, 6.45) is 0.888. The molecule has 0 amide bonds. The summed E-state index contributed by atoms with van der Waals surface area (Å²) < 4.78 is 11.2. The molecule has 90 valence electrons. The van der Waals surface area contributed by atoms with E-state index in [-0.39, 0.29) is 6.04 Å². The van der Waals surface area contributed by atoms with Gasteiger partial charge in [-0.15, -0.1) is 0 Å². The molecule has 4 nitrogen and oxygen atoms in total. The van der Waals surface area contributed by atoms with Crippen LogP contribution in [0.5, 0.6) is 11.5 Å². The molecule has 1 aromatic carbocycles. The number of rotatable bonds is 2. The molecule has 0 N–H and O–H groups in total. The Kier molecular flexibility index (Phi) is 3.50. The van der Waals surface area contributed by atoms with E-state index < -0.39 is 0 Å². The quantitative estimate of drug-likeness (QED) is 0.782. The Labute approximate surface area is 101 Å². The van der Waals surface area contributed by atoms with E-state index in [1.807, 2.05) is 37.2 Å². The summed E-state index contributed by atoms with van der Waals surface area (Å²) in [5, 5.41) is 9.15. The maximum Gasteiger partial charge on any atom is 0.161 e. The first-order chi connectivity index (χ1) is 8.22. The van der Waals surface area contributed by atoms with Crippen LogP contribution in [0.15, 0.2) is 18.2 Å². The summed E-state index contributed by atoms with van der Waals surface area (Å²) >= 11 is 0. The highest BCUT2D eigenvalue weighted by Crippen LogP contribution is 2.33. The van der Waals surface area contributed by atoms with Crippen molar-refractivity contribution >= 4 is 0 Å². The number of fused-ring (bicyclic) bond motifs is 1. The summed E-state index contributed by atoms with van der Waals surface area (Å²) in [5.74, 6) is 1.50. The zero-order valence-corrected chi connectivity index (χ0v) is 10.1. The van der Waals surface area contributed by atoms with Crippen LogP contribution in [-0.4, -0.2) is 32.2 Å². The Morgan fingerprint density at radius 1 is 1.24 bits per heavy atom. The average Bonchev–Trinajstić information content (AvgIpc) is 2.54. The van der Waals surface area contributed by atoms with E-state index in [9.17, 15) is 0 Å². The van der Waals surface area contributed by atoms with Gasteiger partial charge in [0, 0.05) is 6.42 Å². The summed E-state index contributed by atoms with van der Waals surface area (Å²) in [7, 11) is 3.77. The Bertz CT molecular complexity index is 438. The van der Waals surface area contributed by atoms with Crippen molar-refractivity contribution in [3.8, 4) is 17.6 Å². The number of hydrogen-bond acceptors (Lipinski definition) is 4. The number of benzene rings is 1. The lowest BCUT2D eigenvalue weighted by Gasteiger charge is -2.18. The molecule has 0 radical (unpaired) electrons. The van der Waals surface area contributed by atoms with Crippen LogP contribution in [0.1, 0.15) is 18.0 Å². The topological polar surface area (TPSA) is 45.5 Å². The molecule has 0 saturated heterocycles. The fourth-order valence-corrected chi connectivity index (χ4v) is 1.84. The van der Waals surface area contributed by atoms with Gasteiger partial charge in [-0.1, -0.05) is 6.07 Å². The van der Waals surface area contributed by atoms with Crippen molar-refractivity contribution in [3.63, 3.8) is 0 Å². The minimum Gasteiger partial charge on any atom is -0.490 e. The van der Waals surface area contributed by atoms with Crippen LogP contribution < -0.4 is 9.47 Å². The number of nitrogens with zero attached hydrogens (tertiary/aromatic N) is 2. The Hall–Kier alpha value is -1.73. The molecule has 2 rings (SSSR count). The van der Waals surface area contributed by atoms with Gasteiger partial charge in [0.25, 0.3) is 0 Å². The van der Waals surface area contributed by atoms with E-state index in [1.165, 1.54) is 0 Å². The van der Waals surface area contributed by atoms with Gasteiger partial charge in [0.15, 0.2) is 11.5 Å². The highest BCUT2D eigenvalue weighted by atomic mass is 16.5. The molecule has 1 heterocycles. The molecular formula is C13H16N2O2. The maximum absolute atomic E-state index is 9.15. The van der Waals surface area contributed by atoms with Crippen molar-refractivity contribution in [1.82, 2.24) is 4.90 Å². The van der Waals surface area contributed by atoms with Gasteiger partial charge in [0.05, 0.1) is 19.3 Å². The van der Waals surface area contributed by atoms with Gasteiger partial charge in [0.2, 0.25) is 0 Å². The van der Waals surface area contributed by atoms with E-state index in [2.05, 4.69) is 6.07 Å². The third-order valence-electron chi connectivity index (χ3n) is 2.73. The monoisotopic (exact) mass is 232 g/mol. The molecule has 0 spiro atoms. The summed E-state index contributed by atoms with van der Waals surface area (Å²) in [6, 6.07) is 7.71. The van der Waals surface area contributed by atoms with Gasteiger partial charge in [-0.2, -0.15) is 5.26 Å². The normalized spacial score (nSPS) is 16.1. The SMILES string of the molecule is CN(C)C(C#N)c1ccc2c(c1)OCCCO2. The second kappa shape index (κ2) is 5.07. The standard InChI is InChI=1S/C13H16N2O2/c1-15(2)11(9-14)10-4-5-12-13(8-10)17-7-3-6-16-12/h4-5,8,11H,3,6-7H2,1-2H3. The molecular weight excluding hydrogens is 216 g/mol. The second-order valence-corrected chi connectivity index (χ2v) is 4.25. The van der Waals surface area contributed by atoms with Gasteiger partial charge in [-0.25, -0.2) is 0 Å². The molecule has 0 aliphatic carbocycles. The number of hydrogen-bond donors (Lipinski definition) is 0. The van der Waals surface area contributed by atoms with Crippen molar-refractivity contribution in [2.45, 2.75) is 12.5 Å². The van der Waals surface area contributed by atoms with E-state index in [1.54, 1.807) is 0 Å². The largest absolute Gasteiger partial charge is 0.490 e. The molecule has 0 bridgehead atoms. The fourth-order valence-electron chi connectivity index (χ4n) is 1.84. The van der Waals surface area contributed by atoms with Gasteiger partial charge in [-0.05, 0) is 31.8 Å². The van der Waals surface area contributed by atoms with Crippen LogP contribution in [0.2, 0.25) is 0 Å². The van der Waals surface area contributed by atoms with Crippen LogP contribution in [0, 0.1) is 11.3 Å². The van der Waals surface area contributed by atoms with E-state index in [0.717, 1.165) is 23.5 Å². The Morgan fingerprint density at radius 3 is 2.59 bits per heavy atom. The molecule has 17 heavy (non-hydrogen) atoms. The molecule has 1 aromatic rings. The molecule has 1 unspecified atom stereocenters. The van der Waals surface area contributed by atoms with E-state index >= 15 is 0 Å². The lowest BCUT2D eigenvalue weighted by Crippen LogP contribution is -2.18. The molecule has 0 fully saturated rings. The van der Waals surface area contributed by atoms with Crippen molar-refractivity contribution in [3.05, 3.63) is 23.8 Å². The number of ether oxygens (including phenoxy) is 2. The van der Waals surface area contributed by atoms with E-state index in [4.69, 9.17) is 14.7 Å². The zero-order valence-electron chi connectivity index (χ0n) is 10.1. The molecule has 1 atom stereocenters. The van der Waals surface area contributed by atoms with Crippen molar-refractivity contribution < 1.29 is 9.47 Å². The van der Waals surface area contributed by atoms with Crippen LogP contribution >= 0.6 is 0 Å². The predicted octanol–water partition coefficient (Wildman–Crippen LogP) is 1.97. The zero-order chi connectivity index (χ0) is 12.3. The van der Waals surface area contributed by atoms with Gasteiger partial charge in [0.1, 0.15) is 6.04 Å². The summed E-state index contributed by atoms with van der Waals surface area (Å²) in [4.78, 5) is 1.87. The molecule has 1 aliphatic rings. The molecule has 1 aliphatic heterocycles. The fraction of sp³-hybridized carbons (Fsp3) is 0.462. The van der Waals surface area contributed by atoms with Crippen molar-refractivity contribution in [1.29, 1.82) is 5.26 Å². The van der Waals surface area contributed by atoms with Gasteiger partial charge < -0.3 is 9.47 Å². The third kappa shape index (κ3) is 2.51. The van der Waals surface area contributed by atoms with Crippen molar-refractivity contribution in [2.75, 3.05) is 27.3 Å². The van der Waals surface area contributed by atoms with E-state index in [0.29, 0.717) is 13.2 Å². The predicted molar refractivity (Wildman–Crippen MR) is 64.1 cm³/mol. The van der Waals surface area contributed by atoms with Crippen LogP contribution in [0.3, 0.4) is 0 Å². The second-order valence-electron chi connectivity index (χ2n) is 4.25. The molecule has 0 saturated carbocycles. The van der Waals surface area contributed by atoms with Crippen molar-refractivity contribution in [2.24, 2.45) is 0 Å². The highest BCUT2D eigenvalue weighted by Gasteiger charge is 2.17. The summed E-state index contributed by atoms with van der Waals surface area (Å²) in [5.41, 5.74) is 0.932. The lowest BCUT2D eigenvalue weighted by molar-refractivity contribution is 0.296. The van der Waals surface area contributed by atoms with Gasteiger partial charge in [-0.3, -0.25) is 4.90 Å². The Morgan fingerprint density at radius 2 is 1.94 bits per heavy atom. The lowest BCUT2D eigenvalue weighted by atomic mass is 10.1. The third-order valence-corrected chi connectivity index (χ3v) is 2.73. The van der Waals surface area contributed by atoms with Crippen LogP contribution in [-0.2, 0) is 0 Å².